The molecule has 4 aromatic carbocycles. The van der Waals surface area contributed by atoms with E-state index in [4.69, 9.17) is 25.1 Å². The average molecular weight is 1020 g/mol. The van der Waals surface area contributed by atoms with Crippen LogP contribution in [0.1, 0.15) is 72.2 Å². The summed E-state index contributed by atoms with van der Waals surface area (Å²) < 4.78 is 0. The van der Waals surface area contributed by atoms with E-state index in [1.807, 2.05) is 37.4 Å². The van der Waals surface area contributed by atoms with Crippen LogP contribution in [0.25, 0.3) is 0 Å². The first-order valence-corrected chi connectivity index (χ1v) is 24.8. The minimum absolute atomic E-state index is 0. The Balaban J connectivity index is 0.000000457. The number of thioether (sulfide) groups is 2. The average Bonchev–Trinajstić information content (AvgIpc) is 3.12. The normalized spacial score (nSPS) is 14.4. The Morgan fingerprint density at radius 1 is 0.561 bits per heavy atom. The third-order valence-electron chi connectivity index (χ3n) is 8.42. The molecule has 0 radical (unpaired) electrons. The molecular formula is C45H54Br2N4Ni2O2S2. The van der Waals surface area contributed by atoms with Crippen LogP contribution >= 0.6 is 52.0 Å². The molecule has 0 bridgehead atoms. The first-order valence-electron chi connectivity index (χ1n) is 18.0. The number of aliphatic imine (C=N–C) groups is 4. The van der Waals surface area contributed by atoms with Gasteiger partial charge in [-0.05, 0) is 128 Å². The molecule has 0 atom stereocenters. The monoisotopic (exact) mass is 1020 g/mol. The van der Waals surface area contributed by atoms with Gasteiger partial charge in [-0.1, -0.05) is 72.8 Å². The number of carbonyl (C=O) groups is 1. The van der Waals surface area contributed by atoms with Crippen molar-refractivity contribution < 1.29 is 37.3 Å². The molecule has 0 amide bonds. The zero-order chi connectivity index (χ0) is 41.9. The van der Waals surface area contributed by atoms with Crippen molar-refractivity contribution in [1.82, 2.24) is 0 Å². The van der Waals surface area contributed by atoms with Crippen LogP contribution in [0.15, 0.2) is 105 Å². The van der Waals surface area contributed by atoms with Gasteiger partial charge in [-0.15, -0.1) is 23.5 Å². The molecule has 12 heteroatoms. The smallest absolute Gasteiger partial charge is 0 e. The van der Waals surface area contributed by atoms with E-state index in [1.165, 1.54) is 75.3 Å². The number of allylic oxidation sites excluding steroid dienone is 2. The molecule has 5 rings (SSSR count). The van der Waals surface area contributed by atoms with Crippen molar-refractivity contribution in [3.8, 4) is 0 Å². The van der Waals surface area contributed by atoms with Gasteiger partial charge in [0.25, 0.3) is 0 Å². The molecule has 0 unspecified atom stereocenters. The number of hydrogen-bond acceptors (Lipinski definition) is 8. The fourth-order valence-electron chi connectivity index (χ4n) is 5.48. The van der Waals surface area contributed by atoms with E-state index in [-0.39, 0.29) is 28.0 Å². The Kier molecular flexibility index (Phi) is 25.0. The Morgan fingerprint density at radius 3 is 1.02 bits per heavy atom. The van der Waals surface area contributed by atoms with Crippen molar-refractivity contribution in [1.29, 1.82) is 0 Å². The molecule has 0 aromatic heterocycles. The van der Waals surface area contributed by atoms with E-state index in [0.717, 1.165) is 55.8 Å². The van der Waals surface area contributed by atoms with Crippen LogP contribution in [0.4, 0.5) is 22.7 Å². The van der Waals surface area contributed by atoms with Crippen LogP contribution in [0.2, 0.25) is 0 Å². The summed E-state index contributed by atoms with van der Waals surface area (Å²) in [6.07, 6.45) is 1.17. The zero-order valence-electron chi connectivity index (χ0n) is 34.8. The number of ketones is 1. The predicted molar refractivity (Wildman–Crippen MR) is 253 cm³/mol. The number of carbonyl (C=O) groups excluding carboxylic acids is 1. The van der Waals surface area contributed by atoms with Crippen molar-refractivity contribution in [2.75, 3.05) is 11.5 Å². The van der Waals surface area contributed by atoms with Gasteiger partial charge in [0.15, 0.2) is 5.78 Å². The summed E-state index contributed by atoms with van der Waals surface area (Å²) in [4.78, 5) is 29.6. The van der Waals surface area contributed by atoms with Crippen LogP contribution < -0.4 is 0 Å². The van der Waals surface area contributed by atoms with Gasteiger partial charge in [0.1, 0.15) is 10.1 Å². The topological polar surface area (TPSA) is 86.7 Å². The van der Waals surface area contributed by atoms with Crippen molar-refractivity contribution in [2.24, 2.45) is 20.0 Å². The maximum Gasteiger partial charge on any atom is 0 e. The molecule has 6 nitrogen and oxygen atoms in total. The van der Waals surface area contributed by atoms with Crippen molar-refractivity contribution in [2.45, 2.75) is 83.1 Å². The van der Waals surface area contributed by atoms with E-state index in [0.29, 0.717) is 0 Å². The van der Waals surface area contributed by atoms with E-state index >= 15 is 0 Å². The number of nitrogens with zero attached hydrogens (tertiary/aromatic N) is 4. The fourth-order valence-corrected chi connectivity index (χ4v) is 7.54. The number of hydrogen-bond donors (Lipinski definition) is 1. The van der Waals surface area contributed by atoms with Gasteiger partial charge in [-0.2, -0.15) is 0 Å². The molecule has 1 aliphatic rings. The summed E-state index contributed by atoms with van der Waals surface area (Å²) in [5.41, 5.74) is 15.8. The summed E-state index contributed by atoms with van der Waals surface area (Å²) in [6, 6.07) is 25.2. The van der Waals surface area contributed by atoms with Crippen molar-refractivity contribution >= 4 is 102 Å². The Labute approximate surface area is 379 Å². The second-order valence-corrected chi connectivity index (χ2v) is 20.5. The van der Waals surface area contributed by atoms with E-state index in [2.05, 4.69) is 157 Å². The molecule has 0 spiro atoms. The summed E-state index contributed by atoms with van der Waals surface area (Å²) in [5, 5.41) is 10.5. The molecule has 57 heavy (non-hydrogen) atoms. The van der Waals surface area contributed by atoms with E-state index in [9.17, 15) is 4.79 Å². The molecule has 1 fully saturated rings. The summed E-state index contributed by atoms with van der Waals surface area (Å²) in [7, 11) is 1.25. The summed E-state index contributed by atoms with van der Waals surface area (Å²) >= 11 is 9.63. The molecule has 1 aliphatic heterocycles. The van der Waals surface area contributed by atoms with Crippen molar-refractivity contribution in [3.05, 3.63) is 129 Å². The second kappa shape index (κ2) is 27.2. The predicted octanol–water partition coefficient (Wildman–Crippen LogP) is 14.7. The molecule has 1 N–H and O–H groups in total. The van der Waals surface area contributed by atoms with Crippen molar-refractivity contribution in [3.63, 3.8) is 0 Å². The van der Waals surface area contributed by atoms with E-state index < -0.39 is 0 Å². The number of halogens is 2. The standard InChI is InChI=1S/C20H22N2S2.C20H24N2.C5H8O2.2BrH.2Ni/c1-13-7-5-8-14(2)17(13)21-19-20(24-12-11-23-19)22-18-15(3)9-6-10-16(18)4;1-13-9-7-10-14(2)19(13)21-17(5)18(6)22-20-15(3)11-8-12-16(20)4;1-4(6)3-5(2)7;;;;/h5-10H,11-12H2,1-4H3;7-12H,1-6H3;3,6H,1-2H3;2*1H;;/q;;;;;;+2/p-2. The van der Waals surface area contributed by atoms with Gasteiger partial charge < -0.3 is 5.11 Å². The molecule has 312 valence electrons. The maximum atomic E-state index is 10.0. The van der Waals surface area contributed by atoms with Crippen LogP contribution in [0.5, 0.6) is 0 Å². The second-order valence-electron chi connectivity index (χ2n) is 13.3. The van der Waals surface area contributed by atoms with Gasteiger partial charge in [0, 0.05) is 34.1 Å². The maximum absolute atomic E-state index is 10.0. The Hall–Kier alpha value is -2.58. The summed E-state index contributed by atoms with van der Waals surface area (Å²) in [5.74, 6) is 2.10. The number of rotatable bonds is 6. The Bertz CT molecular complexity index is 1910. The molecule has 0 saturated carbocycles. The van der Waals surface area contributed by atoms with Gasteiger partial charge >= 0.3 is 39.3 Å². The quantitative estimate of drug-likeness (QED) is 0.0902. The van der Waals surface area contributed by atoms with Gasteiger partial charge in [-0.25, -0.2) is 9.98 Å². The van der Waals surface area contributed by atoms with Crippen LogP contribution in [0.3, 0.4) is 0 Å². The minimum atomic E-state index is -0.125. The van der Waals surface area contributed by atoms with Gasteiger partial charge in [0.2, 0.25) is 0 Å². The van der Waals surface area contributed by atoms with Crippen LogP contribution in [0, 0.1) is 55.4 Å². The van der Waals surface area contributed by atoms with E-state index in [1.54, 1.807) is 0 Å². The minimum Gasteiger partial charge on any atom is 0 e. The number of aryl methyl sites for hydroxylation is 8. The largest absolute Gasteiger partial charge is 0 e. The Morgan fingerprint density at radius 2 is 0.807 bits per heavy atom. The van der Waals surface area contributed by atoms with Crippen LogP contribution in [-0.4, -0.2) is 43.9 Å². The summed E-state index contributed by atoms with van der Waals surface area (Å²) in [6.45, 7) is 23.8. The molecule has 1 heterocycles. The fraction of sp³-hybridized carbons (Fsp3) is 0.311. The zero-order valence-corrected chi connectivity index (χ0v) is 41.5. The van der Waals surface area contributed by atoms with Gasteiger partial charge in [0.05, 0.1) is 39.9 Å². The third kappa shape index (κ3) is 18.1. The van der Waals surface area contributed by atoms with Gasteiger partial charge in [-0.3, -0.25) is 14.8 Å². The molecular weight excluding hydrogens is 970 g/mol. The number of benzene rings is 4. The number of para-hydroxylation sites is 4. The molecule has 0 aliphatic carbocycles. The SMILES string of the molecule is CC(=Nc1c(C)cccc1C)C(C)=Nc1c(C)cccc1C.CC(=O)C=C(C)O.Cc1cccc(C)c1N=C1SCCSC1=Nc1c(C)cccc1C.[Br][Ni][Br].[Ni]. The third-order valence-corrected chi connectivity index (χ3v) is 10.7. The van der Waals surface area contributed by atoms with Crippen LogP contribution in [-0.2, 0) is 32.2 Å². The first-order chi connectivity index (χ1) is 26.5. The number of aliphatic hydroxyl groups excluding tert-OH is 1. The molecule has 4 aromatic rings. The first kappa shape index (κ1) is 52.4. The number of aliphatic hydroxyl groups is 1. The molecule has 1 saturated heterocycles.